The summed E-state index contributed by atoms with van der Waals surface area (Å²) in [5.41, 5.74) is 7.02. The van der Waals surface area contributed by atoms with Gasteiger partial charge in [-0.2, -0.15) is 0 Å². The van der Waals surface area contributed by atoms with E-state index in [2.05, 4.69) is 11.8 Å². The molecular weight excluding hydrogens is 203 g/mol. The molecule has 1 fully saturated rings. The molecule has 1 heterocycles. The number of nitrogens with zero attached hydrogens (tertiary/aromatic N) is 1. The largest absolute Gasteiger partial charge is 0.398 e. The zero-order valence-corrected chi connectivity index (χ0v) is 9.75. The highest BCUT2D eigenvalue weighted by Crippen LogP contribution is 2.22. The Balaban J connectivity index is 2.04. The SMILES string of the molecule is CC1CCN(Cc2c(N)cccc2F)CC1. The van der Waals surface area contributed by atoms with Crippen LogP contribution in [0.5, 0.6) is 0 Å². The van der Waals surface area contributed by atoms with Gasteiger partial charge in [0.2, 0.25) is 0 Å². The number of likely N-dealkylation sites (tertiary alicyclic amines) is 1. The number of benzene rings is 1. The Labute approximate surface area is 96.2 Å². The van der Waals surface area contributed by atoms with Gasteiger partial charge in [0.25, 0.3) is 0 Å². The van der Waals surface area contributed by atoms with Crippen LogP contribution >= 0.6 is 0 Å². The van der Waals surface area contributed by atoms with Crippen LogP contribution in [0.15, 0.2) is 18.2 Å². The molecule has 1 aliphatic heterocycles. The maximum atomic E-state index is 13.6. The lowest BCUT2D eigenvalue weighted by molar-refractivity contribution is 0.183. The van der Waals surface area contributed by atoms with Gasteiger partial charge >= 0.3 is 0 Å². The molecule has 0 unspecified atom stereocenters. The zero-order chi connectivity index (χ0) is 11.5. The van der Waals surface area contributed by atoms with Gasteiger partial charge in [-0.3, -0.25) is 4.90 Å². The average Bonchev–Trinajstić information content (AvgIpc) is 2.26. The maximum Gasteiger partial charge on any atom is 0.129 e. The molecular formula is C13H19FN2. The first-order chi connectivity index (χ1) is 7.66. The lowest BCUT2D eigenvalue weighted by atomic mass is 9.98. The van der Waals surface area contributed by atoms with Crippen molar-refractivity contribution in [3.05, 3.63) is 29.6 Å². The fourth-order valence-corrected chi connectivity index (χ4v) is 2.19. The van der Waals surface area contributed by atoms with Crippen LogP contribution in [0.3, 0.4) is 0 Å². The topological polar surface area (TPSA) is 29.3 Å². The Hall–Kier alpha value is -1.09. The zero-order valence-electron chi connectivity index (χ0n) is 9.75. The van der Waals surface area contributed by atoms with Crippen molar-refractivity contribution < 1.29 is 4.39 Å². The van der Waals surface area contributed by atoms with Crippen molar-refractivity contribution in [1.29, 1.82) is 0 Å². The molecule has 88 valence electrons. The molecule has 0 atom stereocenters. The molecule has 1 saturated heterocycles. The summed E-state index contributed by atoms with van der Waals surface area (Å²) in [6.45, 7) is 5.02. The molecule has 2 nitrogen and oxygen atoms in total. The van der Waals surface area contributed by atoms with Crippen molar-refractivity contribution in [3.8, 4) is 0 Å². The number of nitrogen functional groups attached to an aromatic ring is 1. The van der Waals surface area contributed by atoms with Crippen LogP contribution in [-0.4, -0.2) is 18.0 Å². The highest BCUT2D eigenvalue weighted by atomic mass is 19.1. The molecule has 0 spiro atoms. The molecule has 16 heavy (non-hydrogen) atoms. The predicted molar refractivity (Wildman–Crippen MR) is 64.5 cm³/mol. The minimum absolute atomic E-state index is 0.182. The quantitative estimate of drug-likeness (QED) is 0.779. The van der Waals surface area contributed by atoms with Crippen LogP contribution in [0.2, 0.25) is 0 Å². The summed E-state index contributed by atoms with van der Waals surface area (Å²) in [5.74, 6) is 0.618. The number of hydrogen-bond donors (Lipinski definition) is 1. The van der Waals surface area contributed by atoms with Crippen molar-refractivity contribution >= 4 is 5.69 Å². The van der Waals surface area contributed by atoms with E-state index in [0.717, 1.165) is 19.0 Å². The minimum atomic E-state index is -0.182. The summed E-state index contributed by atoms with van der Waals surface area (Å²) in [7, 11) is 0. The highest BCUT2D eigenvalue weighted by molar-refractivity contribution is 5.47. The van der Waals surface area contributed by atoms with E-state index in [9.17, 15) is 4.39 Å². The summed E-state index contributed by atoms with van der Waals surface area (Å²) in [4.78, 5) is 2.29. The van der Waals surface area contributed by atoms with E-state index in [1.165, 1.54) is 18.9 Å². The van der Waals surface area contributed by atoms with E-state index in [-0.39, 0.29) is 5.82 Å². The molecule has 0 aliphatic carbocycles. The number of halogens is 1. The summed E-state index contributed by atoms with van der Waals surface area (Å²) < 4.78 is 13.6. The molecule has 1 aromatic carbocycles. The third-order valence-electron chi connectivity index (χ3n) is 3.41. The van der Waals surface area contributed by atoms with Crippen LogP contribution in [0.25, 0.3) is 0 Å². The van der Waals surface area contributed by atoms with Gasteiger partial charge in [0.1, 0.15) is 5.82 Å². The fraction of sp³-hybridized carbons (Fsp3) is 0.538. The first-order valence-electron chi connectivity index (χ1n) is 5.92. The predicted octanol–water partition coefficient (Wildman–Crippen LogP) is 2.64. The molecule has 2 N–H and O–H groups in total. The third-order valence-corrected chi connectivity index (χ3v) is 3.41. The normalized spacial score (nSPS) is 18.9. The van der Waals surface area contributed by atoms with Crippen LogP contribution in [-0.2, 0) is 6.54 Å². The smallest absolute Gasteiger partial charge is 0.129 e. The van der Waals surface area contributed by atoms with Gasteiger partial charge in [0.15, 0.2) is 0 Å². The van der Waals surface area contributed by atoms with Gasteiger partial charge in [0.05, 0.1) is 0 Å². The van der Waals surface area contributed by atoms with Gasteiger partial charge in [-0.1, -0.05) is 13.0 Å². The maximum absolute atomic E-state index is 13.6. The molecule has 0 amide bonds. The number of piperidine rings is 1. The van der Waals surface area contributed by atoms with Crippen molar-refractivity contribution in [3.63, 3.8) is 0 Å². The van der Waals surface area contributed by atoms with Crippen LogP contribution in [0.1, 0.15) is 25.3 Å². The van der Waals surface area contributed by atoms with Gasteiger partial charge in [0, 0.05) is 17.8 Å². The fourth-order valence-electron chi connectivity index (χ4n) is 2.19. The second kappa shape index (κ2) is 4.83. The Morgan fingerprint density at radius 3 is 2.69 bits per heavy atom. The van der Waals surface area contributed by atoms with Crippen molar-refractivity contribution in [2.75, 3.05) is 18.8 Å². The molecule has 0 saturated carbocycles. The molecule has 0 aromatic heterocycles. The highest BCUT2D eigenvalue weighted by Gasteiger charge is 2.17. The van der Waals surface area contributed by atoms with E-state index >= 15 is 0 Å². The summed E-state index contributed by atoms with van der Waals surface area (Å²) in [6.07, 6.45) is 2.41. The minimum Gasteiger partial charge on any atom is -0.398 e. The Morgan fingerprint density at radius 1 is 1.38 bits per heavy atom. The second-order valence-corrected chi connectivity index (χ2v) is 4.77. The lowest BCUT2D eigenvalue weighted by Gasteiger charge is -2.30. The van der Waals surface area contributed by atoms with E-state index in [4.69, 9.17) is 5.73 Å². The molecule has 2 rings (SSSR count). The third kappa shape index (κ3) is 2.53. The van der Waals surface area contributed by atoms with Gasteiger partial charge in [-0.05, 0) is 44.0 Å². The van der Waals surface area contributed by atoms with Crippen molar-refractivity contribution in [2.24, 2.45) is 5.92 Å². The summed E-state index contributed by atoms with van der Waals surface area (Å²) >= 11 is 0. The van der Waals surface area contributed by atoms with E-state index in [0.29, 0.717) is 17.8 Å². The van der Waals surface area contributed by atoms with Gasteiger partial charge < -0.3 is 5.73 Å². The molecule has 0 radical (unpaired) electrons. The van der Waals surface area contributed by atoms with E-state index in [1.54, 1.807) is 12.1 Å². The first-order valence-corrected chi connectivity index (χ1v) is 5.92. The Morgan fingerprint density at radius 2 is 2.06 bits per heavy atom. The molecule has 0 bridgehead atoms. The number of rotatable bonds is 2. The van der Waals surface area contributed by atoms with Crippen LogP contribution < -0.4 is 5.73 Å². The first kappa shape index (κ1) is 11.4. The standard InChI is InChI=1S/C13H19FN2/c1-10-5-7-16(8-6-10)9-11-12(14)3-2-4-13(11)15/h2-4,10H,5-9,15H2,1H3. The number of hydrogen-bond acceptors (Lipinski definition) is 2. The van der Waals surface area contributed by atoms with E-state index in [1.807, 2.05) is 0 Å². The second-order valence-electron chi connectivity index (χ2n) is 4.77. The Bertz CT molecular complexity index is 337. The molecule has 1 aromatic rings. The van der Waals surface area contributed by atoms with Crippen LogP contribution in [0, 0.1) is 11.7 Å². The van der Waals surface area contributed by atoms with Gasteiger partial charge in [-0.15, -0.1) is 0 Å². The summed E-state index contributed by atoms with van der Waals surface area (Å²) in [5, 5.41) is 0. The Kier molecular flexibility index (Phi) is 3.44. The number of nitrogens with two attached hydrogens (primary N) is 1. The van der Waals surface area contributed by atoms with Crippen molar-refractivity contribution in [1.82, 2.24) is 4.90 Å². The lowest BCUT2D eigenvalue weighted by Crippen LogP contribution is -2.32. The van der Waals surface area contributed by atoms with E-state index < -0.39 is 0 Å². The monoisotopic (exact) mass is 222 g/mol. The summed E-state index contributed by atoms with van der Waals surface area (Å²) in [6, 6.07) is 4.91. The molecule has 3 heteroatoms. The van der Waals surface area contributed by atoms with Crippen molar-refractivity contribution in [2.45, 2.75) is 26.3 Å². The molecule has 1 aliphatic rings. The average molecular weight is 222 g/mol. The van der Waals surface area contributed by atoms with Gasteiger partial charge in [-0.25, -0.2) is 4.39 Å². The van der Waals surface area contributed by atoms with Crippen LogP contribution in [0.4, 0.5) is 10.1 Å². The number of anilines is 1.